The smallest absolute Gasteiger partial charge is 0.331 e. The average Bonchev–Trinajstić information content (AvgIpc) is 3.03. The number of carboxylic acid groups (broad SMARTS) is 1. The summed E-state index contributed by atoms with van der Waals surface area (Å²) in [6, 6.07) is 2.64. The molecule has 4 rings (SSSR count). The van der Waals surface area contributed by atoms with Gasteiger partial charge in [-0.25, -0.2) is 4.79 Å². The number of nitrogens with two attached hydrogens (primary N) is 1. The molecule has 3 heterocycles. The van der Waals surface area contributed by atoms with Crippen LogP contribution in [0.1, 0.15) is 17.7 Å². The summed E-state index contributed by atoms with van der Waals surface area (Å²) in [6.07, 6.45) is 5.22. The third kappa shape index (κ3) is 2.18. The molecular weight excluding hydrogens is 314 g/mol. The summed E-state index contributed by atoms with van der Waals surface area (Å²) in [7, 11) is 0. The zero-order valence-corrected chi connectivity index (χ0v) is 13.3. The predicted octanol–water partition coefficient (Wildman–Crippen LogP) is 0.0423. The van der Waals surface area contributed by atoms with Gasteiger partial charge in [-0.1, -0.05) is 0 Å². The fraction of sp³-hybridized carbons (Fsp3) is 0.438. The Morgan fingerprint density at radius 3 is 3.09 bits per heavy atom. The van der Waals surface area contributed by atoms with Crippen LogP contribution >= 0.6 is 11.8 Å². The van der Waals surface area contributed by atoms with Gasteiger partial charge in [0.05, 0.1) is 0 Å². The number of amides is 1. The summed E-state index contributed by atoms with van der Waals surface area (Å²) in [6.45, 7) is 0.499. The van der Waals surface area contributed by atoms with Gasteiger partial charge >= 0.3 is 5.97 Å². The average molecular weight is 332 g/mol. The van der Waals surface area contributed by atoms with Crippen LogP contribution in [0.3, 0.4) is 0 Å². The van der Waals surface area contributed by atoms with E-state index in [0.29, 0.717) is 6.54 Å². The molecule has 1 saturated heterocycles. The molecule has 0 radical (unpaired) electrons. The van der Waals surface area contributed by atoms with Crippen LogP contribution < -0.4 is 10.3 Å². The maximum Gasteiger partial charge on any atom is 0.331 e. The van der Waals surface area contributed by atoms with Crippen LogP contribution in [0, 0.1) is 0 Å². The number of pyridine rings is 1. The van der Waals surface area contributed by atoms with Crippen molar-refractivity contribution < 1.29 is 19.3 Å². The zero-order chi connectivity index (χ0) is 16.1. The standard InChI is InChI=1S/C16H17N3O3S/c17-12-14(20)19-13(16(21)22)10(8-23-15(12)19)7-18-6-2-4-9-3-1-5-11(9)18/h2,4,6,8,12-13,15H,1,3,5,7,17H2/p+1/t12-,13?,15-/m1/s1. The van der Waals surface area contributed by atoms with Crippen molar-refractivity contribution in [1.29, 1.82) is 0 Å². The quantitative estimate of drug-likeness (QED) is 0.603. The Morgan fingerprint density at radius 2 is 2.30 bits per heavy atom. The second-order valence-electron chi connectivity index (χ2n) is 6.19. The van der Waals surface area contributed by atoms with Crippen molar-refractivity contribution in [2.24, 2.45) is 5.73 Å². The molecular formula is C16H18N3O3S+. The minimum absolute atomic E-state index is 0.251. The van der Waals surface area contributed by atoms with Gasteiger partial charge in [-0.05, 0) is 24.3 Å². The van der Waals surface area contributed by atoms with Crippen molar-refractivity contribution in [3.05, 3.63) is 40.6 Å². The number of aromatic nitrogens is 1. The molecule has 1 aromatic heterocycles. The molecule has 0 spiro atoms. The molecule has 0 aromatic carbocycles. The fourth-order valence-electron chi connectivity index (χ4n) is 3.69. The van der Waals surface area contributed by atoms with Crippen LogP contribution in [0.15, 0.2) is 29.3 Å². The molecule has 1 aliphatic carbocycles. The number of aliphatic carboxylic acids is 1. The summed E-state index contributed by atoms with van der Waals surface area (Å²) in [5, 5.41) is 11.2. The van der Waals surface area contributed by atoms with E-state index >= 15 is 0 Å². The summed E-state index contributed by atoms with van der Waals surface area (Å²) >= 11 is 1.45. The monoisotopic (exact) mass is 332 g/mol. The molecule has 3 N–H and O–H groups in total. The Hall–Kier alpha value is -1.86. The molecule has 0 bridgehead atoms. The summed E-state index contributed by atoms with van der Waals surface area (Å²) in [5.74, 6) is -1.27. The predicted molar refractivity (Wildman–Crippen MR) is 84.4 cm³/mol. The zero-order valence-electron chi connectivity index (χ0n) is 12.5. The van der Waals surface area contributed by atoms with Gasteiger partial charge < -0.3 is 15.7 Å². The first-order valence-electron chi connectivity index (χ1n) is 7.73. The van der Waals surface area contributed by atoms with Gasteiger partial charge in [-0.3, -0.25) is 4.79 Å². The normalized spacial score (nSPS) is 28.7. The number of carbonyl (C=O) groups is 2. The van der Waals surface area contributed by atoms with Crippen LogP contribution in [0.4, 0.5) is 0 Å². The molecule has 120 valence electrons. The molecule has 2 aliphatic heterocycles. The molecule has 1 aromatic rings. The number of β-lactam (4-membered cyclic amide) rings is 1. The number of carbonyl (C=O) groups excluding carboxylic acids is 1. The van der Waals surface area contributed by atoms with Gasteiger partial charge in [0.25, 0.3) is 0 Å². The first-order valence-corrected chi connectivity index (χ1v) is 8.67. The maximum atomic E-state index is 12.0. The third-order valence-corrected chi connectivity index (χ3v) is 6.07. The number of rotatable bonds is 3. The van der Waals surface area contributed by atoms with Gasteiger partial charge in [0.15, 0.2) is 24.5 Å². The molecule has 23 heavy (non-hydrogen) atoms. The molecule has 0 saturated carbocycles. The van der Waals surface area contributed by atoms with E-state index in [-0.39, 0.29) is 11.3 Å². The van der Waals surface area contributed by atoms with E-state index in [4.69, 9.17) is 5.73 Å². The fourth-order valence-corrected chi connectivity index (χ4v) is 4.85. The molecule has 7 heteroatoms. The van der Waals surface area contributed by atoms with E-state index in [0.717, 1.165) is 24.8 Å². The second kappa shape index (κ2) is 5.35. The van der Waals surface area contributed by atoms with Crippen molar-refractivity contribution in [2.45, 2.75) is 43.3 Å². The largest absolute Gasteiger partial charge is 0.479 e. The van der Waals surface area contributed by atoms with Crippen molar-refractivity contribution in [3.63, 3.8) is 0 Å². The highest BCUT2D eigenvalue weighted by Gasteiger charge is 2.54. The van der Waals surface area contributed by atoms with Gasteiger partial charge in [0.2, 0.25) is 5.91 Å². The first kappa shape index (κ1) is 14.7. The van der Waals surface area contributed by atoms with Crippen molar-refractivity contribution in [2.75, 3.05) is 0 Å². The number of hydrogen-bond donors (Lipinski definition) is 2. The van der Waals surface area contributed by atoms with Gasteiger partial charge in [-0.2, -0.15) is 4.57 Å². The SMILES string of the molecule is N[C@@H]1C(=O)N2C(C(=O)O)C(C[n+]3cccc4c3CCC4)=CS[C@H]12. The van der Waals surface area contributed by atoms with Crippen LogP contribution in [0.25, 0.3) is 0 Å². The number of hydrogen-bond acceptors (Lipinski definition) is 4. The van der Waals surface area contributed by atoms with E-state index in [1.807, 2.05) is 17.7 Å². The molecule has 3 aliphatic rings. The Bertz CT molecular complexity index is 733. The topological polar surface area (TPSA) is 87.5 Å². The minimum atomic E-state index is -0.991. The Morgan fingerprint density at radius 1 is 1.48 bits per heavy atom. The highest BCUT2D eigenvalue weighted by Crippen LogP contribution is 2.39. The number of aryl methyl sites for hydroxylation is 1. The van der Waals surface area contributed by atoms with E-state index in [9.17, 15) is 14.7 Å². The van der Waals surface area contributed by atoms with E-state index in [1.54, 1.807) is 0 Å². The van der Waals surface area contributed by atoms with Gasteiger partial charge in [0.1, 0.15) is 11.4 Å². The molecule has 1 amide bonds. The number of nitrogens with zero attached hydrogens (tertiary/aromatic N) is 2. The second-order valence-corrected chi connectivity index (χ2v) is 7.18. The van der Waals surface area contributed by atoms with Crippen molar-refractivity contribution in [1.82, 2.24) is 4.90 Å². The maximum absolute atomic E-state index is 12.0. The molecule has 1 fully saturated rings. The van der Waals surface area contributed by atoms with Crippen molar-refractivity contribution >= 4 is 23.6 Å². The highest BCUT2D eigenvalue weighted by atomic mass is 32.2. The lowest BCUT2D eigenvalue weighted by Gasteiger charge is -2.49. The first-order chi connectivity index (χ1) is 11.1. The molecule has 3 atom stereocenters. The number of thioether (sulfide) groups is 1. The Balaban J connectivity index is 1.66. The third-order valence-electron chi connectivity index (χ3n) is 4.84. The van der Waals surface area contributed by atoms with Gasteiger partial charge in [-0.15, -0.1) is 11.8 Å². The van der Waals surface area contributed by atoms with Crippen LogP contribution in [-0.2, 0) is 29.0 Å². The summed E-state index contributed by atoms with van der Waals surface area (Å²) in [5.41, 5.74) is 9.12. The van der Waals surface area contributed by atoms with Crippen LogP contribution in [0.5, 0.6) is 0 Å². The summed E-state index contributed by atoms with van der Waals surface area (Å²) in [4.78, 5) is 25.1. The van der Waals surface area contributed by atoms with Crippen LogP contribution in [-0.4, -0.2) is 39.3 Å². The number of carboxylic acids is 1. The highest BCUT2D eigenvalue weighted by molar-refractivity contribution is 8.02. The lowest BCUT2D eigenvalue weighted by molar-refractivity contribution is -0.696. The van der Waals surface area contributed by atoms with Crippen LogP contribution in [0.2, 0.25) is 0 Å². The number of fused-ring (bicyclic) bond motifs is 2. The van der Waals surface area contributed by atoms with E-state index in [2.05, 4.69) is 10.6 Å². The Kier molecular flexibility index (Phi) is 3.42. The molecule has 6 nitrogen and oxygen atoms in total. The summed E-state index contributed by atoms with van der Waals surface area (Å²) < 4.78 is 2.12. The van der Waals surface area contributed by atoms with Gasteiger partial charge in [0, 0.05) is 23.6 Å². The lowest BCUT2D eigenvalue weighted by atomic mass is 9.98. The van der Waals surface area contributed by atoms with E-state index in [1.165, 1.54) is 27.9 Å². The van der Waals surface area contributed by atoms with Crippen molar-refractivity contribution in [3.8, 4) is 0 Å². The lowest BCUT2D eigenvalue weighted by Crippen LogP contribution is -2.72. The Labute approximate surface area is 138 Å². The molecule has 1 unspecified atom stereocenters. The minimum Gasteiger partial charge on any atom is -0.479 e. The van der Waals surface area contributed by atoms with E-state index < -0.39 is 18.1 Å².